The zero-order valence-electron chi connectivity index (χ0n) is 9.50. The van der Waals surface area contributed by atoms with E-state index in [0.29, 0.717) is 0 Å². The molecule has 0 aliphatic heterocycles. The van der Waals surface area contributed by atoms with E-state index >= 15 is 0 Å². The number of rotatable bonds is 3. The van der Waals surface area contributed by atoms with Gasteiger partial charge in [0, 0.05) is 0 Å². The Kier molecular flexibility index (Phi) is 7.70. The molecule has 0 fully saturated rings. The maximum absolute atomic E-state index is 3.44. The summed E-state index contributed by atoms with van der Waals surface area (Å²) in [7, 11) is 0. The minimum Gasteiger partial charge on any atom is -1.00 e. The number of hydrogen-bond donors (Lipinski definition) is 1. The van der Waals surface area contributed by atoms with E-state index in [1.54, 1.807) is 7.88 Å². The molecule has 0 bridgehead atoms. The van der Waals surface area contributed by atoms with Crippen molar-refractivity contribution in [3.63, 3.8) is 0 Å². The summed E-state index contributed by atoms with van der Waals surface area (Å²) in [5.41, 5.74) is 0. The van der Waals surface area contributed by atoms with Crippen molar-refractivity contribution in [3.8, 4) is 0 Å². The number of H-pyrrole nitrogens is 1. The first-order valence-corrected chi connectivity index (χ1v) is 12.3. The molecule has 0 radical (unpaired) electrons. The number of allylic oxidation sites excluding steroid dienone is 4. The summed E-state index contributed by atoms with van der Waals surface area (Å²) in [6.07, 6.45) is 10.2. The molecule has 1 aromatic rings. The topological polar surface area (TPSA) is 15.8 Å². The molecule has 5 heteroatoms. The molecule has 0 unspecified atom stereocenters. The normalized spacial score (nSPS) is 13.1. The van der Waals surface area contributed by atoms with Gasteiger partial charge in [0.2, 0.25) is 0 Å². The molecule has 0 amide bonds. The van der Waals surface area contributed by atoms with Gasteiger partial charge >= 0.3 is 92.7 Å². The Bertz CT molecular complexity index is 360. The molecule has 2 rings (SSSR count). The zero-order chi connectivity index (χ0) is 9.97. The Hall–Kier alpha value is 0.271. The van der Waals surface area contributed by atoms with Gasteiger partial charge in [0.1, 0.15) is 0 Å². The van der Waals surface area contributed by atoms with Crippen molar-refractivity contribution >= 4 is 10.7 Å². The predicted octanol–water partition coefficient (Wildman–Crippen LogP) is -3.91. The minimum absolute atomic E-state index is 0. The van der Waals surface area contributed by atoms with E-state index < -0.39 is 23.8 Å². The molecule has 1 N–H and O–H groups in total. The Morgan fingerprint density at radius 3 is 2.50 bits per heavy atom. The van der Waals surface area contributed by atoms with Crippen LogP contribution in [0.4, 0.5) is 0 Å². The van der Waals surface area contributed by atoms with Gasteiger partial charge in [-0.2, -0.15) is 0 Å². The summed E-state index contributed by atoms with van der Waals surface area (Å²) < 4.78 is 3.33. The van der Waals surface area contributed by atoms with Crippen molar-refractivity contribution in [1.29, 1.82) is 0 Å². The molecular formula is C11H16Cl2NSiTi. The summed E-state index contributed by atoms with van der Waals surface area (Å²) in [6, 6.07) is 4.43. The van der Waals surface area contributed by atoms with Crippen LogP contribution in [0.5, 0.6) is 0 Å². The van der Waals surface area contributed by atoms with Crippen LogP contribution in [-0.2, 0) is 17.1 Å². The van der Waals surface area contributed by atoms with E-state index in [1.165, 1.54) is 6.42 Å². The molecule has 1 heterocycles. The third-order valence-corrected chi connectivity index (χ3v) is 15.0. The molecule has 0 aromatic carbocycles. The van der Waals surface area contributed by atoms with Crippen LogP contribution in [0.2, 0.25) is 13.1 Å². The summed E-state index contributed by atoms with van der Waals surface area (Å²) in [6.45, 7) is 4.49. The summed E-state index contributed by atoms with van der Waals surface area (Å²) >= 11 is -1.08. The van der Waals surface area contributed by atoms with Gasteiger partial charge in [-0.05, 0) is 0 Å². The van der Waals surface area contributed by atoms with E-state index in [2.05, 4.69) is 54.6 Å². The maximum Gasteiger partial charge on any atom is -1.00 e. The summed E-state index contributed by atoms with van der Waals surface area (Å²) in [4.78, 5) is 3.44. The van der Waals surface area contributed by atoms with Crippen LogP contribution in [0.15, 0.2) is 40.4 Å². The maximum atomic E-state index is 3.44. The number of aromatic nitrogens is 1. The Labute approximate surface area is 117 Å². The standard InChI is InChI=1S/C5H5.C4H4N.C2H7Si.2ClH.Ti/c2*1-2-4-5-3-1;1-3-2;;;/h1-3H,4H2;1-3,5H;3H,1-2H3;2*1H;/q;;;;;+2/p-2. The van der Waals surface area contributed by atoms with Crippen molar-refractivity contribution in [3.05, 3.63) is 40.4 Å². The fourth-order valence-corrected chi connectivity index (χ4v) is 13.7. The Morgan fingerprint density at radius 1 is 1.31 bits per heavy atom. The van der Waals surface area contributed by atoms with Crippen LogP contribution in [0, 0.1) is 0 Å². The van der Waals surface area contributed by atoms with Crippen LogP contribution in [-0.4, -0.2) is 11.6 Å². The van der Waals surface area contributed by atoms with Crippen LogP contribution >= 0.6 is 0 Å². The molecule has 1 aliphatic carbocycles. The van der Waals surface area contributed by atoms with E-state index in [1.807, 2.05) is 0 Å². The molecule has 0 saturated carbocycles. The quantitative estimate of drug-likeness (QED) is 0.550. The largest absolute Gasteiger partial charge is 1.00 e. The number of nitrogens with one attached hydrogen (secondary N) is 1. The predicted molar refractivity (Wildman–Crippen MR) is 61.1 cm³/mol. The third-order valence-electron chi connectivity index (χ3n) is 2.58. The monoisotopic (exact) mass is 308 g/mol. The first-order chi connectivity index (χ1) is 6.79. The molecule has 0 atom stereocenters. The van der Waals surface area contributed by atoms with Gasteiger partial charge in [-0.15, -0.1) is 0 Å². The van der Waals surface area contributed by atoms with E-state index in [9.17, 15) is 0 Å². The molecule has 0 saturated heterocycles. The fraction of sp³-hybridized carbons (Fsp3) is 0.273. The van der Waals surface area contributed by atoms with Gasteiger partial charge in [-0.25, -0.2) is 0 Å². The second kappa shape index (κ2) is 7.57. The molecule has 1 aliphatic rings. The number of halogens is 2. The minimum atomic E-state index is -1.08. The molecular weight excluding hydrogens is 293 g/mol. The van der Waals surface area contributed by atoms with Crippen LogP contribution in [0.25, 0.3) is 0 Å². The number of aromatic amines is 1. The van der Waals surface area contributed by atoms with Gasteiger partial charge < -0.3 is 24.8 Å². The smallest absolute Gasteiger partial charge is 1.00 e. The van der Waals surface area contributed by atoms with Crippen LogP contribution in [0.1, 0.15) is 6.42 Å². The van der Waals surface area contributed by atoms with Crippen molar-refractivity contribution in [1.82, 2.24) is 4.98 Å². The molecule has 0 spiro atoms. The zero-order valence-corrected chi connectivity index (χ0v) is 13.7. The average Bonchev–Trinajstić information content (AvgIpc) is 2.75. The number of hydrogen-bond acceptors (Lipinski definition) is 0. The van der Waals surface area contributed by atoms with Gasteiger partial charge in [-0.1, -0.05) is 0 Å². The SMILES string of the molecule is C[SiH](C)[Ti+2]([C]1=CC=CC1)[c]1ccc[nH]1.[Cl-].[Cl-]. The summed E-state index contributed by atoms with van der Waals surface area (Å²) in [5, 5.41) is 0. The van der Waals surface area contributed by atoms with Crippen molar-refractivity contribution < 1.29 is 41.9 Å². The van der Waals surface area contributed by atoms with E-state index in [4.69, 9.17) is 0 Å². The van der Waals surface area contributed by atoms with Crippen molar-refractivity contribution in [2.24, 2.45) is 0 Å². The van der Waals surface area contributed by atoms with Crippen molar-refractivity contribution in [2.75, 3.05) is 0 Å². The van der Waals surface area contributed by atoms with Crippen LogP contribution in [0.3, 0.4) is 0 Å². The first-order valence-electron chi connectivity index (χ1n) is 5.15. The van der Waals surface area contributed by atoms with E-state index in [0.717, 1.165) is 0 Å². The summed E-state index contributed by atoms with van der Waals surface area (Å²) in [5.74, 6) is 0. The van der Waals surface area contributed by atoms with Crippen molar-refractivity contribution in [2.45, 2.75) is 19.5 Å². The molecule has 1 nitrogen and oxygen atoms in total. The van der Waals surface area contributed by atoms with Gasteiger partial charge in [-0.3, -0.25) is 0 Å². The second-order valence-electron chi connectivity index (χ2n) is 3.98. The van der Waals surface area contributed by atoms with E-state index in [-0.39, 0.29) is 24.8 Å². The van der Waals surface area contributed by atoms with Gasteiger partial charge in [0.15, 0.2) is 0 Å². The average molecular weight is 309 g/mol. The first kappa shape index (κ1) is 16.3. The van der Waals surface area contributed by atoms with Crippen LogP contribution < -0.4 is 28.8 Å². The second-order valence-corrected chi connectivity index (χ2v) is 17.2. The molecule has 87 valence electrons. The molecule has 16 heavy (non-hydrogen) atoms. The fourth-order valence-electron chi connectivity index (χ4n) is 2.00. The third kappa shape index (κ3) is 3.64. The Balaban J connectivity index is 0.00000112. The Morgan fingerprint density at radius 2 is 2.06 bits per heavy atom. The molecule has 1 aromatic heterocycles. The van der Waals surface area contributed by atoms with Gasteiger partial charge in [0.25, 0.3) is 0 Å². The van der Waals surface area contributed by atoms with Gasteiger partial charge in [0.05, 0.1) is 0 Å².